The van der Waals surface area contributed by atoms with Crippen LogP contribution in [0, 0.1) is 0 Å². The largest absolute Gasteiger partial charge is 0.316 e. The molecule has 2 aliphatic rings. The van der Waals surface area contributed by atoms with E-state index in [4.69, 9.17) is 16.6 Å². The molecule has 3 nitrogen and oxygen atoms in total. The fourth-order valence-corrected chi connectivity index (χ4v) is 3.59. The molecule has 19 heavy (non-hydrogen) atoms. The van der Waals surface area contributed by atoms with Crippen molar-refractivity contribution < 1.29 is 4.79 Å². The Bertz CT molecular complexity index is 414. The SMILES string of the molecule is CS/C(=C\CCCl)C1=NC2(CCCCC2)N(C)C1=O. The van der Waals surface area contributed by atoms with E-state index in [1.54, 1.807) is 11.8 Å². The van der Waals surface area contributed by atoms with Gasteiger partial charge in [-0.2, -0.15) is 0 Å². The fourth-order valence-electron chi connectivity index (χ4n) is 2.87. The van der Waals surface area contributed by atoms with Crippen molar-refractivity contribution in [3.63, 3.8) is 0 Å². The van der Waals surface area contributed by atoms with Gasteiger partial charge >= 0.3 is 0 Å². The lowest BCUT2D eigenvalue weighted by atomic mass is 9.89. The minimum Gasteiger partial charge on any atom is -0.316 e. The Labute approximate surface area is 124 Å². The summed E-state index contributed by atoms with van der Waals surface area (Å²) in [4.78, 5) is 20.1. The van der Waals surface area contributed by atoms with Crippen LogP contribution in [0.1, 0.15) is 38.5 Å². The van der Waals surface area contributed by atoms with Crippen molar-refractivity contribution in [3.8, 4) is 0 Å². The number of carbonyl (C=O) groups is 1. The molecule has 0 N–H and O–H groups in total. The molecule has 1 amide bonds. The highest BCUT2D eigenvalue weighted by atomic mass is 35.5. The van der Waals surface area contributed by atoms with Gasteiger partial charge in [0.05, 0.1) is 0 Å². The van der Waals surface area contributed by atoms with Crippen molar-refractivity contribution in [2.45, 2.75) is 44.2 Å². The minimum atomic E-state index is -0.263. The first-order valence-electron chi connectivity index (χ1n) is 6.83. The number of hydrogen-bond donors (Lipinski definition) is 0. The maximum atomic E-state index is 12.5. The highest BCUT2D eigenvalue weighted by Gasteiger charge is 2.45. The highest BCUT2D eigenvalue weighted by molar-refractivity contribution is 8.03. The van der Waals surface area contributed by atoms with Gasteiger partial charge in [0.25, 0.3) is 5.91 Å². The zero-order chi connectivity index (χ0) is 13.9. The standard InChI is InChI=1S/C14H21ClN2OS/c1-17-13(18)12(11(19-2)7-6-10-15)16-14(17)8-4-3-5-9-14/h7H,3-6,8-10H2,1-2H3/b11-7-. The van der Waals surface area contributed by atoms with E-state index in [2.05, 4.69) is 0 Å². The van der Waals surface area contributed by atoms with Gasteiger partial charge in [-0.1, -0.05) is 12.5 Å². The first-order valence-corrected chi connectivity index (χ1v) is 8.59. The summed E-state index contributed by atoms with van der Waals surface area (Å²) in [5.74, 6) is 0.643. The van der Waals surface area contributed by atoms with Gasteiger partial charge in [0, 0.05) is 17.8 Å². The number of amides is 1. The van der Waals surface area contributed by atoms with Crippen LogP contribution in [0.5, 0.6) is 0 Å². The summed E-state index contributed by atoms with van der Waals surface area (Å²) in [5.41, 5.74) is 0.377. The molecule has 1 spiro atoms. The second-order valence-corrected chi connectivity index (χ2v) is 6.34. The van der Waals surface area contributed by atoms with Crippen LogP contribution >= 0.6 is 23.4 Å². The molecule has 0 saturated heterocycles. The van der Waals surface area contributed by atoms with E-state index in [0.29, 0.717) is 11.6 Å². The fraction of sp³-hybridized carbons (Fsp3) is 0.714. The third-order valence-electron chi connectivity index (χ3n) is 4.00. The van der Waals surface area contributed by atoms with Gasteiger partial charge in [0.2, 0.25) is 0 Å². The molecule has 2 rings (SSSR count). The summed E-state index contributed by atoms with van der Waals surface area (Å²) < 4.78 is 0. The highest BCUT2D eigenvalue weighted by Crippen LogP contribution is 2.39. The number of hydrogen-bond acceptors (Lipinski definition) is 3. The predicted octanol–water partition coefficient (Wildman–Crippen LogP) is 3.44. The van der Waals surface area contributed by atoms with E-state index in [1.807, 2.05) is 24.3 Å². The van der Waals surface area contributed by atoms with Gasteiger partial charge in [-0.05, 0) is 38.4 Å². The molecule has 0 atom stereocenters. The van der Waals surface area contributed by atoms with Gasteiger partial charge in [0.15, 0.2) is 0 Å². The van der Waals surface area contributed by atoms with Crippen LogP contribution in [-0.4, -0.2) is 41.4 Å². The number of halogens is 1. The van der Waals surface area contributed by atoms with E-state index in [9.17, 15) is 4.79 Å². The van der Waals surface area contributed by atoms with Crippen molar-refractivity contribution in [2.75, 3.05) is 19.2 Å². The Morgan fingerprint density at radius 3 is 2.74 bits per heavy atom. The lowest BCUT2D eigenvalue weighted by Gasteiger charge is -2.36. The van der Waals surface area contributed by atoms with Crippen molar-refractivity contribution in [1.29, 1.82) is 0 Å². The molecule has 0 aromatic heterocycles. The molecule has 1 aliphatic heterocycles. The monoisotopic (exact) mass is 300 g/mol. The third-order valence-corrected chi connectivity index (χ3v) is 5.02. The molecule has 0 aromatic carbocycles. The second kappa shape index (κ2) is 6.31. The van der Waals surface area contributed by atoms with Crippen LogP contribution in [0.25, 0.3) is 0 Å². The summed E-state index contributed by atoms with van der Waals surface area (Å²) in [6.45, 7) is 0. The summed E-state index contributed by atoms with van der Waals surface area (Å²) in [7, 11) is 1.89. The number of alkyl halides is 1. The van der Waals surface area contributed by atoms with E-state index >= 15 is 0 Å². The average Bonchev–Trinajstić information content (AvgIpc) is 2.67. The molecule has 1 aliphatic carbocycles. The van der Waals surface area contributed by atoms with E-state index < -0.39 is 0 Å². The number of carbonyl (C=O) groups excluding carboxylic acids is 1. The quantitative estimate of drug-likeness (QED) is 0.745. The minimum absolute atomic E-state index is 0.0667. The predicted molar refractivity (Wildman–Crippen MR) is 83.0 cm³/mol. The summed E-state index contributed by atoms with van der Waals surface area (Å²) in [6, 6.07) is 0. The Balaban J connectivity index is 2.29. The van der Waals surface area contributed by atoms with Crippen LogP contribution < -0.4 is 0 Å². The number of allylic oxidation sites excluding steroid dienone is 1. The van der Waals surface area contributed by atoms with E-state index in [0.717, 1.165) is 37.0 Å². The van der Waals surface area contributed by atoms with E-state index in [-0.39, 0.29) is 11.6 Å². The first kappa shape index (κ1) is 14.9. The topological polar surface area (TPSA) is 32.7 Å². The number of aliphatic imine (C=N–C) groups is 1. The van der Waals surface area contributed by atoms with Gasteiger partial charge < -0.3 is 4.90 Å². The lowest BCUT2D eigenvalue weighted by molar-refractivity contribution is -0.126. The molecule has 1 saturated carbocycles. The van der Waals surface area contributed by atoms with Crippen LogP contribution in [0.2, 0.25) is 0 Å². The van der Waals surface area contributed by atoms with Gasteiger partial charge in [0.1, 0.15) is 11.4 Å². The lowest BCUT2D eigenvalue weighted by Crippen LogP contribution is -2.45. The van der Waals surface area contributed by atoms with Crippen LogP contribution in [0.4, 0.5) is 0 Å². The maximum Gasteiger partial charge on any atom is 0.274 e. The second-order valence-electron chi connectivity index (χ2n) is 5.12. The molecule has 0 unspecified atom stereocenters. The Kier molecular flexibility index (Phi) is 4.96. The Morgan fingerprint density at radius 1 is 1.47 bits per heavy atom. The zero-order valence-corrected chi connectivity index (χ0v) is 13.2. The molecule has 1 heterocycles. The van der Waals surface area contributed by atoms with Crippen LogP contribution in [-0.2, 0) is 4.79 Å². The number of rotatable bonds is 4. The Hall–Kier alpha value is -0.480. The first-order chi connectivity index (χ1) is 9.14. The molecule has 0 radical (unpaired) electrons. The van der Waals surface area contributed by atoms with E-state index in [1.165, 1.54) is 6.42 Å². The van der Waals surface area contributed by atoms with Crippen LogP contribution in [0.15, 0.2) is 16.0 Å². The average molecular weight is 301 g/mol. The third kappa shape index (κ3) is 2.84. The molecular weight excluding hydrogens is 280 g/mol. The van der Waals surface area contributed by atoms with Gasteiger partial charge in [-0.3, -0.25) is 9.79 Å². The molecule has 0 bridgehead atoms. The van der Waals surface area contributed by atoms with Crippen molar-refractivity contribution >= 4 is 35.0 Å². The maximum absolute atomic E-state index is 12.5. The number of thioether (sulfide) groups is 1. The van der Waals surface area contributed by atoms with Gasteiger partial charge in [-0.25, -0.2) is 0 Å². The molecule has 1 fully saturated rings. The smallest absolute Gasteiger partial charge is 0.274 e. The molecule has 106 valence electrons. The molecule has 0 aromatic rings. The summed E-state index contributed by atoms with van der Waals surface area (Å²) in [6.07, 6.45) is 10.4. The zero-order valence-electron chi connectivity index (χ0n) is 11.6. The van der Waals surface area contributed by atoms with Gasteiger partial charge in [-0.15, -0.1) is 23.4 Å². The van der Waals surface area contributed by atoms with Crippen molar-refractivity contribution in [1.82, 2.24) is 4.90 Å². The van der Waals surface area contributed by atoms with Crippen molar-refractivity contribution in [3.05, 3.63) is 11.0 Å². The Morgan fingerprint density at radius 2 is 2.16 bits per heavy atom. The van der Waals surface area contributed by atoms with Crippen molar-refractivity contribution in [2.24, 2.45) is 4.99 Å². The molecule has 5 heteroatoms. The van der Waals surface area contributed by atoms with Crippen LogP contribution in [0.3, 0.4) is 0 Å². The summed E-state index contributed by atoms with van der Waals surface area (Å²) in [5, 5.41) is 0. The summed E-state index contributed by atoms with van der Waals surface area (Å²) >= 11 is 7.31. The normalized spacial score (nSPS) is 23.1. The number of nitrogens with zero attached hydrogens (tertiary/aromatic N) is 2. The molecular formula is C14H21ClN2OS.